The van der Waals surface area contributed by atoms with Gasteiger partial charge in [0.15, 0.2) is 0 Å². The number of anilines is 3. The summed E-state index contributed by atoms with van der Waals surface area (Å²) in [5.74, 6) is 2.07. The van der Waals surface area contributed by atoms with Crippen LogP contribution in [0.3, 0.4) is 0 Å². The first-order valence-electron chi connectivity index (χ1n) is 9.65. The summed E-state index contributed by atoms with van der Waals surface area (Å²) < 4.78 is 28.1. The Morgan fingerprint density at radius 2 is 1.86 bits per heavy atom. The van der Waals surface area contributed by atoms with Gasteiger partial charge in [-0.2, -0.15) is 5.26 Å². The first-order valence-corrected chi connectivity index (χ1v) is 11.1. The van der Waals surface area contributed by atoms with E-state index < -0.39 is 10.0 Å². The second-order valence-corrected chi connectivity index (χ2v) is 9.73. The molecule has 7 nitrogen and oxygen atoms in total. The Balaban J connectivity index is 1.78. The van der Waals surface area contributed by atoms with Crippen LogP contribution in [0.5, 0.6) is 0 Å². The molecule has 2 heterocycles. The molecule has 1 aromatic heterocycles. The number of piperidine rings is 1. The monoisotopic (exact) mass is 413 g/mol. The second kappa shape index (κ2) is 8.29. The summed E-state index contributed by atoms with van der Waals surface area (Å²) in [6, 6.07) is 10.1. The molecule has 0 bridgehead atoms. The molecule has 3 rings (SSSR count). The highest BCUT2D eigenvalue weighted by Gasteiger charge is 2.23. The predicted octanol–water partition coefficient (Wildman–Crippen LogP) is 3.30. The number of benzene rings is 1. The van der Waals surface area contributed by atoms with Crippen LogP contribution < -0.4 is 14.5 Å². The van der Waals surface area contributed by atoms with Crippen LogP contribution in [0.4, 0.5) is 17.2 Å². The summed E-state index contributed by atoms with van der Waals surface area (Å²) in [5.41, 5.74) is 1.36. The second-order valence-electron chi connectivity index (χ2n) is 8.05. The molecule has 0 amide bonds. The molecule has 1 saturated heterocycles. The van der Waals surface area contributed by atoms with Gasteiger partial charge in [0.05, 0.1) is 28.0 Å². The van der Waals surface area contributed by atoms with Crippen molar-refractivity contribution >= 4 is 27.2 Å². The first-order chi connectivity index (χ1) is 13.7. The van der Waals surface area contributed by atoms with Gasteiger partial charge >= 0.3 is 0 Å². The van der Waals surface area contributed by atoms with Crippen molar-refractivity contribution in [3.8, 4) is 6.07 Å². The number of hydrogen-bond acceptors (Lipinski definition) is 6. The van der Waals surface area contributed by atoms with E-state index in [1.165, 1.54) is 24.8 Å². The van der Waals surface area contributed by atoms with E-state index in [0.717, 1.165) is 18.9 Å². The molecule has 2 atom stereocenters. The van der Waals surface area contributed by atoms with Crippen molar-refractivity contribution in [2.24, 2.45) is 11.8 Å². The Morgan fingerprint density at radius 3 is 2.41 bits per heavy atom. The minimum Gasteiger partial charge on any atom is -0.377 e. The summed E-state index contributed by atoms with van der Waals surface area (Å²) in [4.78, 5) is 8.52. The van der Waals surface area contributed by atoms with Crippen molar-refractivity contribution in [2.45, 2.75) is 25.2 Å². The molecule has 154 valence electrons. The predicted molar refractivity (Wildman–Crippen MR) is 116 cm³/mol. The van der Waals surface area contributed by atoms with Gasteiger partial charge in [-0.05, 0) is 48.6 Å². The minimum absolute atomic E-state index is 0.0439. The van der Waals surface area contributed by atoms with Crippen LogP contribution in [0.2, 0.25) is 0 Å². The third-order valence-corrected chi connectivity index (χ3v) is 6.45. The molecule has 29 heavy (non-hydrogen) atoms. The lowest BCUT2D eigenvalue weighted by Crippen LogP contribution is -2.39. The number of aromatic nitrogens is 1. The van der Waals surface area contributed by atoms with Gasteiger partial charge < -0.3 is 9.80 Å². The largest absolute Gasteiger partial charge is 0.377 e. The zero-order chi connectivity index (χ0) is 21.2. The average Bonchev–Trinajstić information content (AvgIpc) is 2.67. The fourth-order valence-corrected chi connectivity index (χ4v) is 4.93. The van der Waals surface area contributed by atoms with Crippen LogP contribution in [-0.4, -0.2) is 40.6 Å². The van der Waals surface area contributed by atoms with Gasteiger partial charge in [-0.1, -0.05) is 13.8 Å². The third kappa shape index (κ3) is 4.80. The average molecular weight is 414 g/mol. The Kier molecular flexibility index (Phi) is 5.99. The lowest BCUT2D eigenvalue weighted by atomic mass is 9.92. The molecule has 2 aromatic rings. The quantitative estimate of drug-likeness (QED) is 0.809. The molecule has 1 aliphatic heterocycles. The number of sulfonamides is 1. The van der Waals surface area contributed by atoms with E-state index in [1.807, 2.05) is 6.07 Å². The minimum atomic E-state index is -3.82. The number of rotatable bonds is 5. The number of nitrogens with zero attached hydrogens (tertiary/aromatic N) is 4. The highest BCUT2D eigenvalue weighted by molar-refractivity contribution is 7.92. The van der Waals surface area contributed by atoms with Crippen molar-refractivity contribution in [1.29, 1.82) is 5.26 Å². The van der Waals surface area contributed by atoms with Gasteiger partial charge in [-0.15, -0.1) is 0 Å². The number of nitrogens with one attached hydrogen (secondary N) is 1. The fraction of sp³-hybridized carbons (Fsp3) is 0.429. The Morgan fingerprint density at radius 1 is 1.17 bits per heavy atom. The van der Waals surface area contributed by atoms with E-state index in [9.17, 15) is 13.7 Å². The van der Waals surface area contributed by atoms with Crippen LogP contribution in [-0.2, 0) is 10.0 Å². The maximum absolute atomic E-state index is 12.8. The highest BCUT2D eigenvalue weighted by Crippen LogP contribution is 2.27. The Labute approximate surface area is 173 Å². The summed E-state index contributed by atoms with van der Waals surface area (Å²) in [6.45, 7) is 6.39. The normalized spacial score (nSPS) is 19.5. The summed E-state index contributed by atoms with van der Waals surface area (Å²) in [6.07, 6.45) is 2.75. The van der Waals surface area contributed by atoms with Gasteiger partial charge in [0, 0.05) is 27.2 Å². The molecule has 0 unspecified atom stereocenters. The van der Waals surface area contributed by atoms with Crippen molar-refractivity contribution in [2.75, 3.05) is 41.7 Å². The van der Waals surface area contributed by atoms with Crippen LogP contribution in [0.1, 0.15) is 25.8 Å². The van der Waals surface area contributed by atoms with E-state index in [0.29, 0.717) is 28.8 Å². The molecule has 0 radical (unpaired) electrons. The van der Waals surface area contributed by atoms with Gasteiger partial charge in [-0.25, -0.2) is 13.4 Å². The molecular weight excluding hydrogens is 386 g/mol. The van der Waals surface area contributed by atoms with Crippen LogP contribution in [0.25, 0.3) is 0 Å². The summed E-state index contributed by atoms with van der Waals surface area (Å²) >= 11 is 0. The number of hydrogen-bond donors (Lipinski definition) is 1. The molecule has 0 aliphatic carbocycles. The molecular formula is C21H27N5O2S. The molecule has 1 fully saturated rings. The summed E-state index contributed by atoms with van der Waals surface area (Å²) in [7, 11) is -0.206. The van der Waals surface area contributed by atoms with E-state index >= 15 is 0 Å². The van der Waals surface area contributed by atoms with Gasteiger partial charge in [0.25, 0.3) is 10.0 Å². The smallest absolute Gasteiger partial charge is 0.261 e. The SMILES string of the molecule is C[C@@H]1C[C@@H](C)CN(c2ccc(NS(=O)(=O)c3ccc(N(C)C)c(C#N)c3)cn2)C1. The molecule has 1 aliphatic rings. The first kappa shape index (κ1) is 20.9. The fourth-order valence-electron chi connectivity index (χ4n) is 3.86. The van der Waals surface area contributed by atoms with E-state index in [1.54, 1.807) is 31.1 Å². The lowest BCUT2D eigenvalue weighted by molar-refractivity contribution is 0.355. The molecule has 1 aromatic carbocycles. The van der Waals surface area contributed by atoms with Gasteiger partial charge in [-0.3, -0.25) is 4.72 Å². The number of pyridine rings is 1. The molecule has 0 saturated carbocycles. The zero-order valence-corrected chi connectivity index (χ0v) is 18.1. The Bertz CT molecular complexity index is 1000. The zero-order valence-electron chi connectivity index (χ0n) is 17.3. The van der Waals surface area contributed by atoms with Crippen molar-refractivity contribution < 1.29 is 8.42 Å². The highest BCUT2D eigenvalue weighted by atomic mass is 32.2. The van der Waals surface area contributed by atoms with Crippen LogP contribution in [0.15, 0.2) is 41.4 Å². The molecule has 0 spiro atoms. The van der Waals surface area contributed by atoms with Gasteiger partial charge in [0.2, 0.25) is 0 Å². The van der Waals surface area contributed by atoms with Crippen molar-refractivity contribution in [1.82, 2.24) is 4.98 Å². The van der Waals surface area contributed by atoms with Crippen LogP contribution in [0, 0.1) is 23.2 Å². The van der Waals surface area contributed by atoms with Crippen molar-refractivity contribution in [3.63, 3.8) is 0 Å². The van der Waals surface area contributed by atoms with E-state index in [-0.39, 0.29) is 4.90 Å². The third-order valence-electron chi connectivity index (χ3n) is 5.07. The molecule has 1 N–H and O–H groups in total. The Hall–Kier alpha value is -2.79. The van der Waals surface area contributed by atoms with E-state index in [4.69, 9.17) is 0 Å². The summed E-state index contributed by atoms with van der Waals surface area (Å²) in [5, 5.41) is 9.33. The number of nitriles is 1. The lowest BCUT2D eigenvalue weighted by Gasteiger charge is -2.35. The van der Waals surface area contributed by atoms with Crippen molar-refractivity contribution in [3.05, 3.63) is 42.1 Å². The molecule has 8 heteroatoms. The maximum atomic E-state index is 12.8. The topological polar surface area (TPSA) is 89.3 Å². The van der Waals surface area contributed by atoms with E-state index in [2.05, 4.69) is 34.5 Å². The standard InChI is InChI=1S/C21H27N5O2S/c1-15-9-16(2)14-26(13-15)21-8-5-18(12-23-21)24-29(27,28)19-6-7-20(25(3)4)17(10-19)11-22/h5-8,10,12,15-16,24H,9,13-14H2,1-4H3/t15-,16-/m1/s1. The maximum Gasteiger partial charge on any atom is 0.261 e. The van der Waals surface area contributed by atoms with Gasteiger partial charge in [0.1, 0.15) is 11.9 Å². The van der Waals surface area contributed by atoms with Crippen LogP contribution >= 0.6 is 0 Å².